The molecule has 0 fully saturated rings. The quantitative estimate of drug-likeness (QED) is 0.832. The summed E-state index contributed by atoms with van der Waals surface area (Å²) in [5.74, 6) is -0.825. The highest BCUT2D eigenvalue weighted by Crippen LogP contribution is 2.32. The minimum atomic E-state index is -0.693. The molecule has 2 aromatic rings. The van der Waals surface area contributed by atoms with Crippen molar-refractivity contribution in [2.24, 2.45) is 0 Å². The summed E-state index contributed by atoms with van der Waals surface area (Å²) in [5.41, 5.74) is 3.45. The summed E-state index contributed by atoms with van der Waals surface area (Å²) in [6.45, 7) is 0. The molecule has 0 amide bonds. The summed E-state index contributed by atoms with van der Waals surface area (Å²) in [6.07, 6.45) is 2.78. The first-order valence-corrected chi connectivity index (χ1v) is 6.54. The van der Waals surface area contributed by atoms with Crippen LogP contribution in [-0.4, -0.2) is 10.2 Å². The van der Waals surface area contributed by atoms with E-state index in [0.717, 1.165) is 16.7 Å². The van der Waals surface area contributed by atoms with E-state index in [-0.39, 0.29) is 5.76 Å². The van der Waals surface area contributed by atoms with Gasteiger partial charge in [-0.15, -0.1) is 0 Å². The lowest BCUT2D eigenvalue weighted by Crippen LogP contribution is -2.02. The second-order valence-corrected chi connectivity index (χ2v) is 5.01. The van der Waals surface area contributed by atoms with Gasteiger partial charge in [0.05, 0.1) is 17.4 Å². The van der Waals surface area contributed by atoms with Crippen LogP contribution in [0.5, 0.6) is 5.75 Å². The molecule has 0 heterocycles. The van der Waals surface area contributed by atoms with Gasteiger partial charge in [-0.1, -0.05) is 12.1 Å². The molecule has 21 heavy (non-hydrogen) atoms. The van der Waals surface area contributed by atoms with Crippen molar-refractivity contribution < 1.29 is 14.6 Å². The van der Waals surface area contributed by atoms with Crippen LogP contribution in [-0.2, 0) is 6.42 Å². The molecule has 3 nitrogen and oxygen atoms in total. The predicted octanol–water partition coefficient (Wildman–Crippen LogP) is 3.92. The fourth-order valence-electron chi connectivity index (χ4n) is 2.54. The summed E-state index contributed by atoms with van der Waals surface area (Å²) < 4.78 is 13.5. The first kappa shape index (κ1) is 13.2. The smallest absolute Gasteiger partial charge is 0.165 e. The molecule has 0 saturated carbocycles. The van der Waals surface area contributed by atoms with Gasteiger partial charge in [0.1, 0.15) is 0 Å². The van der Waals surface area contributed by atoms with Crippen molar-refractivity contribution in [3.05, 3.63) is 58.6 Å². The molecule has 0 spiro atoms. The van der Waals surface area contributed by atoms with E-state index in [4.69, 9.17) is 0 Å². The molecular formula is C17H12FNO2. The third kappa shape index (κ3) is 2.34. The maximum Gasteiger partial charge on any atom is 0.165 e. The van der Waals surface area contributed by atoms with E-state index in [2.05, 4.69) is 6.07 Å². The molecule has 0 unspecified atom stereocenters. The van der Waals surface area contributed by atoms with Crippen LogP contribution in [0.1, 0.15) is 23.1 Å². The van der Waals surface area contributed by atoms with Crippen LogP contribution < -0.4 is 0 Å². The van der Waals surface area contributed by atoms with Gasteiger partial charge in [0.2, 0.25) is 0 Å². The molecule has 0 aliphatic heterocycles. The lowest BCUT2D eigenvalue weighted by Gasteiger charge is -2.16. The lowest BCUT2D eigenvalue weighted by atomic mass is 9.89. The van der Waals surface area contributed by atoms with E-state index < -0.39 is 11.6 Å². The zero-order valence-corrected chi connectivity index (χ0v) is 11.1. The van der Waals surface area contributed by atoms with Gasteiger partial charge in [-0.05, 0) is 52.9 Å². The Labute approximate surface area is 121 Å². The zero-order valence-electron chi connectivity index (χ0n) is 11.1. The molecule has 4 heteroatoms. The number of phenols is 1. The molecule has 0 radical (unpaired) electrons. The largest absolute Gasteiger partial charge is 0.512 e. The van der Waals surface area contributed by atoms with Gasteiger partial charge in [-0.2, -0.15) is 5.26 Å². The summed E-state index contributed by atoms with van der Waals surface area (Å²) in [6, 6.07) is 9.82. The average molecular weight is 281 g/mol. The number of fused-ring (bicyclic) bond motifs is 1. The fourth-order valence-corrected chi connectivity index (χ4v) is 2.54. The number of hydrogen-bond donors (Lipinski definition) is 2. The van der Waals surface area contributed by atoms with Crippen molar-refractivity contribution in [3.8, 4) is 22.9 Å². The summed E-state index contributed by atoms with van der Waals surface area (Å²) in [7, 11) is 0. The first-order chi connectivity index (χ1) is 10.1. The number of halogens is 1. The highest BCUT2D eigenvalue weighted by atomic mass is 19.1. The monoisotopic (exact) mass is 281 g/mol. The third-order valence-electron chi connectivity index (χ3n) is 3.63. The Hall–Kier alpha value is -2.80. The van der Waals surface area contributed by atoms with E-state index in [9.17, 15) is 19.9 Å². The molecule has 3 rings (SSSR count). The highest BCUT2D eigenvalue weighted by molar-refractivity contribution is 5.74. The van der Waals surface area contributed by atoms with Crippen LogP contribution in [0.15, 0.2) is 36.1 Å². The number of benzene rings is 2. The molecule has 2 aromatic carbocycles. The van der Waals surface area contributed by atoms with Gasteiger partial charge >= 0.3 is 0 Å². The standard InChI is InChI=1S/C17H12FNO2/c18-16-7-10(2-4-17(16)21)12-5-11-1-3-14(20)8-15(11)13(6-12)9-19/h2,4-8,20-21H,1,3H2. The molecule has 1 aliphatic carbocycles. The summed E-state index contributed by atoms with van der Waals surface area (Å²) in [5, 5.41) is 28.1. The van der Waals surface area contributed by atoms with E-state index in [1.165, 1.54) is 12.1 Å². The van der Waals surface area contributed by atoms with E-state index in [0.29, 0.717) is 24.0 Å². The maximum atomic E-state index is 13.5. The number of nitriles is 1. The summed E-state index contributed by atoms with van der Waals surface area (Å²) in [4.78, 5) is 0. The highest BCUT2D eigenvalue weighted by Gasteiger charge is 2.16. The van der Waals surface area contributed by atoms with E-state index in [1.807, 2.05) is 6.07 Å². The van der Waals surface area contributed by atoms with Crippen LogP contribution in [0.4, 0.5) is 4.39 Å². The summed E-state index contributed by atoms with van der Waals surface area (Å²) >= 11 is 0. The SMILES string of the molecule is N#Cc1cc(-c2ccc(O)c(F)c2)cc2c1C=C(O)CC2. The molecule has 0 atom stereocenters. The number of phenolic OH excluding ortho intramolecular Hbond substituents is 1. The molecule has 2 N–H and O–H groups in total. The Morgan fingerprint density at radius 2 is 1.86 bits per heavy atom. The van der Waals surface area contributed by atoms with Crippen LogP contribution in [0.3, 0.4) is 0 Å². The van der Waals surface area contributed by atoms with Crippen molar-refractivity contribution in [2.75, 3.05) is 0 Å². The molecule has 0 saturated heterocycles. The molecular weight excluding hydrogens is 269 g/mol. The molecule has 1 aliphatic rings. The van der Waals surface area contributed by atoms with E-state index in [1.54, 1.807) is 18.2 Å². The number of nitrogens with zero attached hydrogens (tertiary/aromatic N) is 1. The Morgan fingerprint density at radius 1 is 1.05 bits per heavy atom. The lowest BCUT2D eigenvalue weighted by molar-refractivity contribution is 0.391. The Bertz CT molecular complexity index is 803. The minimum Gasteiger partial charge on any atom is -0.512 e. The van der Waals surface area contributed by atoms with Crippen molar-refractivity contribution in [1.82, 2.24) is 0 Å². The van der Waals surface area contributed by atoms with Crippen molar-refractivity contribution >= 4 is 6.08 Å². The van der Waals surface area contributed by atoms with Crippen molar-refractivity contribution in [2.45, 2.75) is 12.8 Å². The number of hydrogen-bond acceptors (Lipinski definition) is 3. The van der Waals surface area contributed by atoms with Crippen LogP contribution in [0, 0.1) is 17.1 Å². The first-order valence-electron chi connectivity index (χ1n) is 6.54. The van der Waals surface area contributed by atoms with Gasteiger partial charge < -0.3 is 10.2 Å². The minimum absolute atomic E-state index is 0.266. The maximum absolute atomic E-state index is 13.5. The number of rotatable bonds is 1. The zero-order chi connectivity index (χ0) is 15.0. The van der Waals surface area contributed by atoms with E-state index >= 15 is 0 Å². The second kappa shape index (κ2) is 4.95. The van der Waals surface area contributed by atoms with Gasteiger partial charge in [0.15, 0.2) is 11.6 Å². The topological polar surface area (TPSA) is 64.2 Å². The van der Waals surface area contributed by atoms with Crippen LogP contribution in [0.2, 0.25) is 0 Å². The van der Waals surface area contributed by atoms with Crippen LogP contribution >= 0.6 is 0 Å². The molecule has 0 aromatic heterocycles. The molecule has 104 valence electrons. The predicted molar refractivity (Wildman–Crippen MR) is 77.1 cm³/mol. The Kier molecular flexibility index (Phi) is 3.11. The molecule has 0 bridgehead atoms. The Morgan fingerprint density at radius 3 is 2.57 bits per heavy atom. The fraction of sp³-hybridized carbons (Fsp3) is 0.118. The number of aliphatic hydroxyl groups is 1. The van der Waals surface area contributed by atoms with Crippen molar-refractivity contribution in [3.63, 3.8) is 0 Å². The third-order valence-corrected chi connectivity index (χ3v) is 3.63. The van der Waals surface area contributed by atoms with Gasteiger partial charge in [-0.25, -0.2) is 4.39 Å². The normalized spacial score (nSPS) is 13.2. The van der Waals surface area contributed by atoms with Gasteiger partial charge in [0, 0.05) is 6.42 Å². The van der Waals surface area contributed by atoms with Gasteiger partial charge in [-0.3, -0.25) is 0 Å². The number of aliphatic hydroxyl groups excluding tert-OH is 1. The van der Waals surface area contributed by atoms with Crippen molar-refractivity contribution in [1.29, 1.82) is 5.26 Å². The number of aryl methyl sites for hydroxylation is 1. The Balaban J connectivity index is 2.17. The number of aromatic hydroxyl groups is 1. The second-order valence-electron chi connectivity index (χ2n) is 5.01. The van der Waals surface area contributed by atoms with Gasteiger partial charge in [0.25, 0.3) is 0 Å². The average Bonchev–Trinajstić information content (AvgIpc) is 2.49. The van der Waals surface area contributed by atoms with Crippen LogP contribution in [0.25, 0.3) is 17.2 Å². The number of allylic oxidation sites excluding steroid dienone is 1.